The molecule has 0 saturated heterocycles. The molecule has 35 heavy (non-hydrogen) atoms. The minimum absolute atomic E-state index is 0.184. The number of anilines is 1. The number of carbonyl (C=O) groups excluding carboxylic acids is 1. The number of carboxylic acids is 1. The number of aromatic nitrogens is 2. The van der Waals surface area contributed by atoms with Crippen LogP contribution in [0.4, 0.5) is 5.95 Å². The predicted molar refractivity (Wildman–Crippen MR) is 130 cm³/mol. The zero-order valence-corrected chi connectivity index (χ0v) is 20.2. The molecule has 184 valence electrons. The van der Waals surface area contributed by atoms with Gasteiger partial charge in [0, 0.05) is 19.3 Å². The Labute approximate surface area is 205 Å². The smallest absolute Gasteiger partial charge is 0.306 e. The van der Waals surface area contributed by atoms with Gasteiger partial charge < -0.3 is 14.6 Å². The van der Waals surface area contributed by atoms with E-state index in [1.165, 1.54) is 19.8 Å². The molecule has 2 aliphatic rings. The summed E-state index contributed by atoms with van der Waals surface area (Å²) in [6.07, 6.45) is 10.1. The van der Waals surface area contributed by atoms with Crippen molar-refractivity contribution in [3.63, 3.8) is 0 Å². The summed E-state index contributed by atoms with van der Waals surface area (Å²) >= 11 is 0. The molecular formula is C27H31N3O5. The Morgan fingerprint density at radius 1 is 1.09 bits per heavy atom. The number of nitrogens with zero attached hydrogens (tertiary/aromatic N) is 2. The summed E-state index contributed by atoms with van der Waals surface area (Å²) in [6, 6.07) is 5.94. The van der Waals surface area contributed by atoms with Crippen LogP contribution in [0.5, 0.6) is 11.5 Å². The van der Waals surface area contributed by atoms with Gasteiger partial charge in [-0.05, 0) is 69.1 Å². The van der Waals surface area contributed by atoms with Gasteiger partial charge in [-0.1, -0.05) is 17.9 Å². The molecule has 1 aromatic heterocycles. The monoisotopic (exact) mass is 477 g/mol. The van der Waals surface area contributed by atoms with Crippen molar-refractivity contribution in [2.24, 2.45) is 5.92 Å². The van der Waals surface area contributed by atoms with Crippen LogP contribution in [-0.2, 0) is 15.0 Å². The van der Waals surface area contributed by atoms with E-state index in [2.05, 4.69) is 27.1 Å². The van der Waals surface area contributed by atoms with Gasteiger partial charge in [-0.15, -0.1) is 0 Å². The number of benzene rings is 1. The number of hydrogen-bond donors (Lipinski definition) is 2. The van der Waals surface area contributed by atoms with Gasteiger partial charge in [-0.25, -0.2) is 9.97 Å². The molecule has 0 spiro atoms. The Morgan fingerprint density at radius 3 is 2.37 bits per heavy atom. The van der Waals surface area contributed by atoms with Crippen LogP contribution in [0.2, 0.25) is 0 Å². The third kappa shape index (κ3) is 5.91. The fourth-order valence-corrected chi connectivity index (χ4v) is 4.90. The van der Waals surface area contributed by atoms with Crippen molar-refractivity contribution in [3.05, 3.63) is 41.7 Å². The fourth-order valence-electron chi connectivity index (χ4n) is 4.90. The van der Waals surface area contributed by atoms with Crippen LogP contribution in [0, 0.1) is 17.8 Å². The molecule has 4 rings (SSSR count). The summed E-state index contributed by atoms with van der Waals surface area (Å²) in [5.74, 6) is 6.89. The quantitative estimate of drug-likeness (QED) is 0.596. The van der Waals surface area contributed by atoms with E-state index >= 15 is 0 Å². The summed E-state index contributed by atoms with van der Waals surface area (Å²) in [7, 11) is 1.63. The molecular weight excluding hydrogens is 446 g/mol. The van der Waals surface area contributed by atoms with E-state index in [-0.39, 0.29) is 23.9 Å². The lowest BCUT2D eigenvalue weighted by molar-refractivity contribution is -0.143. The average Bonchev–Trinajstić information content (AvgIpc) is 3.36. The van der Waals surface area contributed by atoms with Crippen LogP contribution in [0.15, 0.2) is 30.6 Å². The van der Waals surface area contributed by atoms with Gasteiger partial charge in [0.15, 0.2) is 11.5 Å². The summed E-state index contributed by atoms with van der Waals surface area (Å²) in [5.41, 5.74) is 1.09. The number of nitrogens with one attached hydrogen (secondary N) is 1. The molecule has 1 aromatic carbocycles. The Morgan fingerprint density at radius 2 is 1.77 bits per heavy atom. The van der Waals surface area contributed by atoms with E-state index in [0.717, 1.165) is 18.4 Å². The maximum atomic E-state index is 11.6. The van der Waals surface area contributed by atoms with E-state index in [1.54, 1.807) is 19.5 Å². The zero-order chi connectivity index (χ0) is 24.8. The first-order valence-electron chi connectivity index (χ1n) is 12.1. The highest BCUT2D eigenvalue weighted by Crippen LogP contribution is 2.44. The molecule has 2 aromatic rings. The highest BCUT2D eigenvalue weighted by molar-refractivity contribution is 5.86. The second-order valence-corrected chi connectivity index (χ2v) is 9.31. The number of rotatable bonds is 6. The first-order valence-corrected chi connectivity index (χ1v) is 12.1. The Kier molecular flexibility index (Phi) is 7.54. The van der Waals surface area contributed by atoms with E-state index in [4.69, 9.17) is 9.47 Å². The van der Waals surface area contributed by atoms with Crippen molar-refractivity contribution in [2.75, 3.05) is 12.4 Å². The molecule has 1 heterocycles. The second kappa shape index (κ2) is 10.8. The summed E-state index contributed by atoms with van der Waals surface area (Å²) < 4.78 is 11.9. The standard InChI is InChI=1S/C27H31N3O5/c1-18(31)30-26-28-16-19(17-29-26)9-12-27(13-10-20(11-14-27)25(32)33)21-7-8-23(34-2)24(15-21)35-22-5-3-4-6-22/h7-8,15-17,20,22H,3-6,10-11,13-14H2,1-2H3,(H,32,33)(H,28,29,30,31)/t20-,27-. The number of ether oxygens (including phenoxy) is 2. The van der Waals surface area contributed by atoms with Crippen molar-refractivity contribution in [1.29, 1.82) is 0 Å². The molecule has 0 aliphatic heterocycles. The molecule has 8 nitrogen and oxygen atoms in total. The van der Waals surface area contributed by atoms with Gasteiger partial charge in [0.05, 0.1) is 30.1 Å². The first-order chi connectivity index (χ1) is 16.9. The number of aliphatic carboxylic acids is 1. The largest absolute Gasteiger partial charge is 0.493 e. The van der Waals surface area contributed by atoms with Crippen molar-refractivity contribution >= 4 is 17.8 Å². The van der Waals surface area contributed by atoms with Crippen LogP contribution in [0.25, 0.3) is 0 Å². The predicted octanol–water partition coefficient (Wildman–Crippen LogP) is 4.33. The Balaban J connectivity index is 1.66. The lowest BCUT2D eigenvalue weighted by Crippen LogP contribution is -2.33. The van der Waals surface area contributed by atoms with Gasteiger partial charge in [0.25, 0.3) is 0 Å². The second-order valence-electron chi connectivity index (χ2n) is 9.31. The van der Waals surface area contributed by atoms with Crippen LogP contribution in [-0.4, -0.2) is 40.2 Å². The lowest BCUT2D eigenvalue weighted by atomic mass is 9.67. The van der Waals surface area contributed by atoms with E-state index < -0.39 is 11.4 Å². The highest BCUT2D eigenvalue weighted by Gasteiger charge is 2.38. The van der Waals surface area contributed by atoms with Gasteiger partial charge in [0.2, 0.25) is 11.9 Å². The summed E-state index contributed by atoms with van der Waals surface area (Å²) in [6.45, 7) is 1.40. The van der Waals surface area contributed by atoms with Gasteiger partial charge in [-0.2, -0.15) is 0 Å². The number of methoxy groups -OCH3 is 1. The number of amides is 1. The van der Waals surface area contributed by atoms with Gasteiger partial charge in [0.1, 0.15) is 0 Å². The highest BCUT2D eigenvalue weighted by atomic mass is 16.5. The van der Waals surface area contributed by atoms with Crippen molar-refractivity contribution in [3.8, 4) is 23.3 Å². The lowest BCUT2D eigenvalue weighted by Gasteiger charge is -2.36. The molecule has 1 amide bonds. The Bertz CT molecular complexity index is 1120. The molecule has 0 atom stereocenters. The van der Waals surface area contributed by atoms with Crippen LogP contribution in [0.3, 0.4) is 0 Å². The van der Waals surface area contributed by atoms with Gasteiger partial charge >= 0.3 is 5.97 Å². The minimum Gasteiger partial charge on any atom is -0.493 e. The average molecular weight is 478 g/mol. The normalized spacial score (nSPS) is 22.1. The van der Waals surface area contributed by atoms with Crippen molar-refractivity contribution in [1.82, 2.24) is 9.97 Å². The molecule has 0 bridgehead atoms. The van der Waals surface area contributed by atoms with Crippen LogP contribution < -0.4 is 14.8 Å². The Hall–Kier alpha value is -3.60. The molecule has 0 radical (unpaired) electrons. The number of carbonyl (C=O) groups is 2. The molecule has 8 heteroatoms. The molecule has 2 saturated carbocycles. The molecule has 2 aliphatic carbocycles. The molecule has 2 N–H and O–H groups in total. The van der Waals surface area contributed by atoms with Crippen LogP contribution >= 0.6 is 0 Å². The first kappa shape index (κ1) is 24.5. The summed E-state index contributed by atoms with van der Waals surface area (Å²) in [5, 5.41) is 12.1. The SMILES string of the molecule is COc1ccc([C@]2(C#Cc3cnc(NC(C)=O)nc3)CC[C@@H](C(=O)O)CC2)cc1OC1CCCC1. The number of carboxylic acid groups (broad SMARTS) is 1. The topological polar surface area (TPSA) is 111 Å². The molecule has 0 unspecified atom stereocenters. The third-order valence-electron chi connectivity index (χ3n) is 6.89. The molecule has 2 fully saturated rings. The minimum atomic E-state index is -0.756. The van der Waals surface area contributed by atoms with Crippen molar-refractivity contribution in [2.45, 2.75) is 69.8 Å². The van der Waals surface area contributed by atoms with Gasteiger partial charge in [-0.3, -0.25) is 14.9 Å². The third-order valence-corrected chi connectivity index (χ3v) is 6.89. The maximum Gasteiger partial charge on any atom is 0.306 e. The zero-order valence-electron chi connectivity index (χ0n) is 20.2. The van der Waals surface area contributed by atoms with E-state index in [9.17, 15) is 14.7 Å². The fraction of sp³-hybridized carbons (Fsp3) is 0.481. The summed E-state index contributed by atoms with van der Waals surface area (Å²) in [4.78, 5) is 31.1. The van der Waals surface area contributed by atoms with Crippen molar-refractivity contribution < 1.29 is 24.2 Å². The number of hydrogen-bond acceptors (Lipinski definition) is 6. The van der Waals surface area contributed by atoms with E-state index in [0.29, 0.717) is 42.7 Å². The van der Waals surface area contributed by atoms with E-state index in [1.807, 2.05) is 18.2 Å². The van der Waals surface area contributed by atoms with Crippen LogP contribution in [0.1, 0.15) is 69.4 Å². The maximum absolute atomic E-state index is 11.6.